The maximum absolute atomic E-state index is 11.1. The van der Waals surface area contributed by atoms with Gasteiger partial charge in [0.2, 0.25) is 0 Å². The minimum Gasteiger partial charge on any atom is -0.480 e. The zero-order chi connectivity index (χ0) is 12.3. The quantitative estimate of drug-likeness (QED) is 0.823. The molecule has 1 unspecified atom stereocenters. The number of aromatic nitrogens is 1. The zero-order valence-electron chi connectivity index (χ0n) is 9.85. The number of carboxylic acid groups (broad SMARTS) is 1. The second-order valence-corrected chi connectivity index (χ2v) is 5.06. The molecule has 1 atom stereocenters. The summed E-state index contributed by atoms with van der Waals surface area (Å²) in [6.45, 7) is 4.83. The van der Waals surface area contributed by atoms with Gasteiger partial charge in [-0.15, -0.1) is 11.3 Å². The van der Waals surface area contributed by atoms with Crippen molar-refractivity contribution >= 4 is 17.3 Å². The topological polar surface area (TPSA) is 65.5 Å². The summed E-state index contributed by atoms with van der Waals surface area (Å²) < 4.78 is 0. The lowest BCUT2D eigenvalue weighted by Gasteiger charge is -2.32. The van der Waals surface area contributed by atoms with Crippen molar-refractivity contribution in [3.8, 4) is 0 Å². The Labute approximate surface area is 104 Å². The summed E-state index contributed by atoms with van der Waals surface area (Å²) in [6.07, 6.45) is 0.939. The molecule has 6 heteroatoms. The van der Waals surface area contributed by atoms with Crippen molar-refractivity contribution in [1.82, 2.24) is 15.2 Å². The minimum absolute atomic E-state index is 0.435. The van der Waals surface area contributed by atoms with E-state index >= 15 is 0 Å². The number of thiazole rings is 1. The molecule has 2 heterocycles. The molecule has 17 heavy (non-hydrogen) atoms. The fraction of sp³-hybridized carbons (Fsp3) is 0.636. The first-order chi connectivity index (χ1) is 8.20. The van der Waals surface area contributed by atoms with Gasteiger partial charge in [0.05, 0.1) is 10.7 Å². The van der Waals surface area contributed by atoms with Crippen LogP contribution in [0.2, 0.25) is 0 Å². The van der Waals surface area contributed by atoms with Crippen molar-refractivity contribution in [3.63, 3.8) is 0 Å². The first-order valence-corrected chi connectivity index (χ1v) is 6.69. The first kappa shape index (κ1) is 12.5. The van der Waals surface area contributed by atoms with Crippen LogP contribution in [0.5, 0.6) is 0 Å². The summed E-state index contributed by atoms with van der Waals surface area (Å²) >= 11 is 1.65. The van der Waals surface area contributed by atoms with Crippen molar-refractivity contribution in [2.75, 3.05) is 19.6 Å². The predicted octanol–water partition coefficient (Wildman–Crippen LogP) is 0.564. The van der Waals surface area contributed by atoms with Gasteiger partial charge in [-0.05, 0) is 6.42 Å². The SMILES string of the molecule is CCc1nc(CN2CCNCC2C(=O)O)cs1. The van der Waals surface area contributed by atoms with Crippen LogP contribution in [0, 0.1) is 0 Å². The second kappa shape index (κ2) is 5.57. The molecule has 2 N–H and O–H groups in total. The van der Waals surface area contributed by atoms with E-state index in [1.165, 1.54) is 0 Å². The predicted molar refractivity (Wildman–Crippen MR) is 66.2 cm³/mol. The first-order valence-electron chi connectivity index (χ1n) is 5.81. The van der Waals surface area contributed by atoms with E-state index in [4.69, 9.17) is 5.11 Å². The lowest BCUT2D eigenvalue weighted by molar-refractivity contribution is -0.144. The second-order valence-electron chi connectivity index (χ2n) is 4.11. The van der Waals surface area contributed by atoms with E-state index in [0.717, 1.165) is 30.2 Å². The largest absolute Gasteiger partial charge is 0.480 e. The molecule has 5 nitrogen and oxygen atoms in total. The molecule has 2 rings (SSSR count). The molecule has 0 radical (unpaired) electrons. The summed E-state index contributed by atoms with van der Waals surface area (Å²) in [5, 5.41) is 15.4. The van der Waals surface area contributed by atoms with Crippen LogP contribution < -0.4 is 5.32 Å². The van der Waals surface area contributed by atoms with E-state index in [-0.39, 0.29) is 0 Å². The van der Waals surface area contributed by atoms with E-state index in [0.29, 0.717) is 13.1 Å². The molecular weight excluding hydrogens is 238 g/mol. The van der Waals surface area contributed by atoms with Gasteiger partial charge in [-0.3, -0.25) is 9.69 Å². The molecule has 1 fully saturated rings. The van der Waals surface area contributed by atoms with Gasteiger partial charge in [0.1, 0.15) is 6.04 Å². The Morgan fingerprint density at radius 2 is 2.59 bits per heavy atom. The van der Waals surface area contributed by atoms with E-state index < -0.39 is 12.0 Å². The average Bonchev–Trinajstić information content (AvgIpc) is 2.77. The average molecular weight is 255 g/mol. The number of nitrogens with zero attached hydrogens (tertiary/aromatic N) is 2. The van der Waals surface area contributed by atoms with Crippen LogP contribution in [-0.4, -0.2) is 46.6 Å². The molecule has 0 aliphatic carbocycles. The summed E-state index contributed by atoms with van der Waals surface area (Å²) in [4.78, 5) is 17.6. The number of piperazine rings is 1. The van der Waals surface area contributed by atoms with Crippen LogP contribution in [0.4, 0.5) is 0 Å². The monoisotopic (exact) mass is 255 g/mol. The molecule has 0 bridgehead atoms. The summed E-state index contributed by atoms with van der Waals surface area (Å²) in [5.74, 6) is -0.761. The summed E-state index contributed by atoms with van der Waals surface area (Å²) in [7, 11) is 0. The van der Waals surface area contributed by atoms with Gasteiger partial charge in [-0.2, -0.15) is 0 Å². The summed E-state index contributed by atoms with van der Waals surface area (Å²) in [6, 6.07) is -0.435. The van der Waals surface area contributed by atoms with E-state index in [9.17, 15) is 4.79 Å². The van der Waals surface area contributed by atoms with Crippen molar-refractivity contribution in [1.29, 1.82) is 0 Å². The van der Waals surface area contributed by atoms with E-state index in [1.54, 1.807) is 11.3 Å². The molecule has 0 amide bonds. The molecule has 0 aromatic carbocycles. The molecular formula is C11H17N3O2S. The Kier molecular flexibility index (Phi) is 4.09. The Balaban J connectivity index is 2.02. The van der Waals surface area contributed by atoms with Crippen LogP contribution in [0.3, 0.4) is 0 Å². The van der Waals surface area contributed by atoms with Crippen LogP contribution in [-0.2, 0) is 17.8 Å². The van der Waals surface area contributed by atoms with Gasteiger partial charge in [-0.1, -0.05) is 6.92 Å². The fourth-order valence-corrected chi connectivity index (χ4v) is 2.71. The molecule has 1 aliphatic heterocycles. The number of aliphatic carboxylic acids is 1. The number of aryl methyl sites for hydroxylation is 1. The molecule has 1 aromatic rings. The zero-order valence-corrected chi connectivity index (χ0v) is 10.7. The van der Waals surface area contributed by atoms with Gasteiger partial charge in [0, 0.05) is 31.6 Å². The number of rotatable bonds is 4. The maximum atomic E-state index is 11.1. The van der Waals surface area contributed by atoms with Crippen molar-refractivity contribution in [2.45, 2.75) is 25.9 Å². The molecule has 1 saturated heterocycles. The highest BCUT2D eigenvalue weighted by molar-refractivity contribution is 7.09. The van der Waals surface area contributed by atoms with Gasteiger partial charge in [0.15, 0.2) is 0 Å². The number of hydrogen-bond acceptors (Lipinski definition) is 5. The molecule has 94 valence electrons. The molecule has 1 aliphatic rings. The van der Waals surface area contributed by atoms with E-state index in [1.807, 2.05) is 10.3 Å². The number of carbonyl (C=O) groups is 1. The van der Waals surface area contributed by atoms with E-state index in [2.05, 4.69) is 17.2 Å². The normalized spacial score (nSPS) is 21.6. The fourth-order valence-electron chi connectivity index (χ4n) is 1.97. The number of nitrogens with one attached hydrogen (secondary N) is 1. The van der Waals surface area contributed by atoms with Gasteiger partial charge < -0.3 is 10.4 Å². The molecule has 0 spiro atoms. The Morgan fingerprint density at radius 1 is 1.76 bits per heavy atom. The third-order valence-corrected chi connectivity index (χ3v) is 3.95. The number of carboxylic acids is 1. The Bertz CT molecular complexity index is 394. The standard InChI is InChI=1S/C11H17N3O2S/c1-2-10-13-8(7-17-10)6-14-4-3-12-5-9(14)11(15)16/h7,9,12H,2-6H2,1H3,(H,15,16). The van der Waals surface area contributed by atoms with Crippen molar-refractivity contribution < 1.29 is 9.90 Å². The van der Waals surface area contributed by atoms with Gasteiger partial charge in [-0.25, -0.2) is 4.98 Å². The smallest absolute Gasteiger partial charge is 0.322 e. The van der Waals surface area contributed by atoms with Crippen molar-refractivity contribution in [3.05, 3.63) is 16.1 Å². The Morgan fingerprint density at radius 3 is 3.24 bits per heavy atom. The highest BCUT2D eigenvalue weighted by Gasteiger charge is 2.28. The molecule has 0 saturated carbocycles. The number of hydrogen-bond donors (Lipinski definition) is 2. The summed E-state index contributed by atoms with van der Waals surface area (Å²) in [5.41, 5.74) is 0.986. The van der Waals surface area contributed by atoms with Crippen LogP contribution in [0.25, 0.3) is 0 Å². The lowest BCUT2D eigenvalue weighted by atomic mass is 10.2. The Hall–Kier alpha value is -0.980. The lowest BCUT2D eigenvalue weighted by Crippen LogP contribution is -2.54. The highest BCUT2D eigenvalue weighted by Crippen LogP contribution is 2.14. The van der Waals surface area contributed by atoms with Crippen LogP contribution >= 0.6 is 11.3 Å². The third kappa shape index (κ3) is 3.02. The van der Waals surface area contributed by atoms with Crippen molar-refractivity contribution in [2.24, 2.45) is 0 Å². The van der Waals surface area contributed by atoms with Crippen LogP contribution in [0.1, 0.15) is 17.6 Å². The highest BCUT2D eigenvalue weighted by atomic mass is 32.1. The maximum Gasteiger partial charge on any atom is 0.322 e. The van der Waals surface area contributed by atoms with Gasteiger partial charge in [0.25, 0.3) is 0 Å². The van der Waals surface area contributed by atoms with Gasteiger partial charge >= 0.3 is 5.97 Å². The molecule has 1 aromatic heterocycles. The minimum atomic E-state index is -0.761. The van der Waals surface area contributed by atoms with Crippen LogP contribution in [0.15, 0.2) is 5.38 Å². The third-order valence-electron chi connectivity index (χ3n) is 2.91.